The summed E-state index contributed by atoms with van der Waals surface area (Å²) in [5, 5.41) is 13.8. The van der Waals surface area contributed by atoms with Gasteiger partial charge < -0.3 is 5.32 Å². The molecular weight excluding hydrogens is 340 g/mol. The van der Waals surface area contributed by atoms with Crippen LogP contribution in [-0.2, 0) is 4.79 Å². The minimum absolute atomic E-state index is 0.0640. The zero-order valence-corrected chi connectivity index (χ0v) is 14.8. The molecule has 0 bridgehead atoms. The van der Waals surface area contributed by atoms with E-state index in [-0.39, 0.29) is 16.6 Å². The van der Waals surface area contributed by atoms with Crippen LogP contribution in [0.2, 0.25) is 5.02 Å². The summed E-state index contributed by atoms with van der Waals surface area (Å²) >= 11 is 5.78. The lowest BCUT2D eigenvalue weighted by Gasteiger charge is -2.14. The molecule has 0 aliphatic rings. The van der Waals surface area contributed by atoms with Gasteiger partial charge >= 0.3 is 0 Å². The standard InChI is InChI=1S/C19H19ClN2O3/c1-3-13(2)15-6-4-5-7-17(15)21-19(23)11-9-14-8-10-16(20)18(12-14)22(24)25/h4-13H,3H2,1-2H3,(H,21,23)/b11-9+. The average Bonchev–Trinajstić information content (AvgIpc) is 2.60. The van der Waals surface area contributed by atoms with Crippen LogP contribution in [0.4, 0.5) is 11.4 Å². The third-order valence-corrected chi connectivity index (χ3v) is 4.28. The number of hydrogen-bond donors (Lipinski definition) is 1. The smallest absolute Gasteiger partial charge is 0.288 e. The first-order chi connectivity index (χ1) is 11.9. The molecule has 0 radical (unpaired) electrons. The monoisotopic (exact) mass is 358 g/mol. The van der Waals surface area contributed by atoms with Gasteiger partial charge in [0.15, 0.2) is 0 Å². The van der Waals surface area contributed by atoms with Gasteiger partial charge in [0.1, 0.15) is 5.02 Å². The van der Waals surface area contributed by atoms with E-state index in [1.807, 2.05) is 24.3 Å². The zero-order valence-electron chi connectivity index (χ0n) is 14.0. The Kier molecular flexibility index (Phi) is 6.31. The highest BCUT2D eigenvalue weighted by molar-refractivity contribution is 6.32. The number of hydrogen-bond acceptors (Lipinski definition) is 3. The van der Waals surface area contributed by atoms with E-state index in [4.69, 9.17) is 11.6 Å². The number of nitrogens with zero attached hydrogens (tertiary/aromatic N) is 1. The lowest BCUT2D eigenvalue weighted by Crippen LogP contribution is -2.10. The lowest BCUT2D eigenvalue weighted by atomic mass is 9.97. The SMILES string of the molecule is CCC(C)c1ccccc1NC(=O)/C=C/c1ccc(Cl)c([N+](=O)[O-])c1. The van der Waals surface area contributed by atoms with Gasteiger partial charge in [0.2, 0.25) is 5.91 Å². The molecule has 130 valence electrons. The Morgan fingerprint density at radius 2 is 2.04 bits per heavy atom. The molecule has 0 saturated carbocycles. The molecule has 2 aromatic rings. The topological polar surface area (TPSA) is 72.2 Å². The normalized spacial score (nSPS) is 12.1. The number of halogens is 1. The summed E-state index contributed by atoms with van der Waals surface area (Å²) in [6, 6.07) is 12.1. The molecular formula is C19H19ClN2O3. The predicted molar refractivity (Wildman–Crippen MR) is 101 cm³/mol. The highest BCUT2D eigenvalue weighted by Gasteiger charge is 2.12. The molecule has 0 spiro atoms. The van der Waals surface area contributed by atoms with Crippen molar-refractivity contribution in [2.45, 2.75) is 26.2 Å². The van der Waals surface area contributed by atoms with Gasteiger partial charge in [0.25, 0.3) is 5.69 Å². The summed E-state index contributed by atoms with van der Waals surface area (Å²) in [6.45, 7) is 4.20. The first-order valence-electron chi connectivity index (χ1n) is 7.94. The Bertz CT molecular complexity index is 818. The fourth-order valence-corrected chi connectivity index (χ4v) is 2.57. The van der Waals surface area contributed by atoms with E-state index < -0.39 is 4.92 Å². The largest absolute Gasteiger partial charge is 0.322 e. The lowest BCUT2D eigenvalue weighted by molar-refractivity contribution is -0.384. The van der Waals surface area contributed by atoms with Crippen LogP contribution in [-0.4, -0.2) is 10.8 Å². The maximum Gasteiger partial charge on any atom is 0.288 e. The summed E-state index contributed by atoms with van der Waals surface area (Å²) in [7, 11) is 0. The van der Waals surface area contributed by atoms with Crippen molar-refractivity contribution < 1.29 is 9.72 Å². The number of para-hydroxylation sites is 1. The first-order valence-corrected chi connectivity index (χ1v) is 8.32. The summed E-state index contributed by atoms with van der Waals surface area (Å²) in [5.41, 5.74) is 2.19. The molecule has 2 aromatic carbocycles. The van der Waals surface area contributed by atoms with E-state index in [0.29, 0.717) is 11.5 Å². The van der Waals surface area contributed by atoms with E-state index in [2.05, 4.69) is 19.2 Å². The van der Waals surface area contributed by atoms with Crippen molar-refractivity contribution in [1.82, 2.24) is 0 Å². The van der Waals surface area contributed by atoms with Gasteiger partial charge in [-0.1, -0.05) is 49.7 Å². The van der Waals surface area contributed by atoms with Crippen LogP contribution in [0.1, 0.15) is 37.3 Å². The fourth-order valence-electron chi connectivity index (χ4n) is 2.38. The molecule has 0 aromatic heterocycles. The molecule has 0 heterocycles. The molecule has 1 N–H and O–H groups in total. The van der Waals surface area contributed by atoms with Crippen LogP contribution in [0.25, 0.3) is 6.08 Å². The molecule has 0 aliphatic heterocycles. The number of anilines is 1. The van der Waals surface area contributed by atoms with E-state index in [1.54, 1.807) is 6.07 Å². The third kappa shape index (κ3) is 4.90. The maximum absolute atomic E-state index is 12.2. The van der Waals surface area contributed by atoms with E-state index in [0.717, 1.165) is 17.7 Å². The van der Waals surface area contributed by atoms with Crippen molar-refractivity contribution >= 4 is 35.0 Å². The Morgan fingerprint density at radius 3 is 2.72 bits per heavy atom. The molecule has 0 aliphatic carbocycles. The number of rotatable bonds is 6. The number of nitro groups is 1. The van der Waals surface area contributed by atoms with Crippen molar-refractivity contribution in [3.05, 3.63) is 74.8 Å². The first kappa shape index (κ1) is 18.7. The van der Waals surface area contributed by atoms with Crippen LogP contribution in [0.3, 0.4) is 0 Å². The number of nitro benzene ring substituents is 1. The fraction of sp³-hybridized carbons (Fsp3) is 0.211. The van der Waals surface area contributed by atoms with Crippen molar-refractivity contribution in [1.29, 1.82) is 0 Å². The minimum Gasteiger partial charge on any atom is -0.322 e. The second kappa shape index (κ2) is 8.44. The maximum atomic E-state index is 12.2. The van der Waals surface area contributed by atoms with Crippen LogP contribution in [0.5, 0.6) is 0 Å². The van der Waals surface area contributed by atoms with Gasteiger partial charge in [-0.15, -0.1) is 0 Å². The summed E-state index contributed by atoms with van der Waals surface area (Å²) < 4.78 is 0. The van der Waals surface area contributed by atoms with Gasteiger partial charge in [-0.2, -0.15) is 0 Å². The van der Waals surface area contributed by atoms with Crippen molar-refractivity contribution in [2.24, 2.45) is 0 Å². The molecule has 1 amide bonds. The molecule has 0 fully saturated rings. The molecule has 1 unspecified atom stereocenters. The summed E-state index contributed by atoms with van der Waals surface area (Å²) in [5.74, 6) is 0.0350. The summed E-state index contributed by atoms with van der Waals surface area (Å²) in [4.78, 5) is 22.5. The highest BCUT2D eigenvalue weighted by Crippen LogP contribution is 2.27. The number of benzene rings is 2. The van der Waals surface area contributed by atoms with E-state index in [1.165, 1.54) is 24.3 Å². The quantitative estimate of drug-likeness (QED) is 0.426. The number of nitrogens with one attached hydrogen (secondary N) is 1. The second-order valence-corrected chi connectivity index (χ2v) is 6.09. The van der Waals surface area contributed by atoms with Gasteiger partial charge in [-0.3, -0.25) is 14.9 Å². The minimum atomic E-state index is -0.553. The average molecular weight is 359 g/mol. The molecule has 2 rings (SSSR count). The van der Waals surface area contributed by atoms with Gasteiger partial charge in [0.05, 0.1) is 4.92 Å². The van der Waals surface area contributed by atoms with Gasteiger partial charge in [0, 0.05) is 17.8 Å². The highest BCUT2D eigenvalue weighted by atomic mass is 35.5. The van der Waals surface area contributed by atoms with Crippen molar-refractivity contribution in [2.75, 3.05) is 5.32 Å². The van der Waals surface area contributed by atoms with E-state index >= 15 is 0 Å². The molecule has 6 heteroatoms. The second-order valence-electron chi connectivity index (χ2n) is 5.69. The Labute approximate surface area is 151 Å². The number of carbonyl (C=O) groups is 1. The Hall–Kier alpha value is -2.66. The van der Waals surface area contributed by atoms with Crippen molar-refractivity contribution in [3.63, 3.8) is 0 Å². The van der Waals surface area contributed by atoms with Crippen LogP contribution < -0.4 is 5.32 Å². The van der Waals surface area contributed by atoms with Crippen LogP contribution >= 0.6 is 11.6 Å². The van der Waals surface area contributed by atoms with Crippen LogP contribution in [0, 0.1) is 10.1 Å². The third-order valence-electron chi connectivity index (χ3n) is 3.96. The molecule has 25 heavy (non-hydrogen) atoms. The zero-order chi connectivity index (χ0) is 18.4. The van der Waals surface area contributed by atoms with Gasteiger partial charge in [-0.05, 0) is 41.7 Å². The molecule has 0 saturated heterocycles. The Balaban J connectivity index is 2.15. The molecule has 5 nitrogen and oxygen atoms in total. The predicted octanol–water partition coefficient (Wildman–Crippen LogP) is 5.41. The molecule has 1 atom stereocenters. The van der Waals surface area contributed by atoms with Crippen molar-refractivity contribution in [3.8, 4) is 0 Å². The van der Waals surface area contributed by atoms with E-state index in [9.17, 15) is 14.9 Å². The number of amides is 1. The van der Waals surface area contributed by atoms with Gasteiger partial charge in [-0.25, -0.2) is 0 Å². The summed E-state index contributed by atoms with van der Waals surface area (Å²) in [6.07, 6.45) is 3.84. The number of carbonyl (C=O) groups excluding carboxylic acids is 1. The Morgan fingerprint density at radius 1 is 1.32 bits per heavy atom. The van der Waals surface area contributed by atoms with Crippen LogP contribution in [0.15, 0.2) is 48.5 Å².